The predicted molar refractivity (Wildman–Crippen MR) is 424 cm³/mol. The Morgan fingerprint density at radius 3 is 0.913 bits per heavy atom. The number of hydrogen-bond donors (Lipinski definition) is 4. The molecule has 0 saturated carbocycles. The third-order valence-corrected chi connectivity index (χ3v) is 16.8. The summed E-state index contributed by atoms with van der Waals surface area (Å²) in [4.78, 5) is 33.3. The van der Waals surface area contributed by atoms with Gasteiger partial charge in [0.1, 0.15) is 11.2 Å². The van der Waals surface area contributed by atoms with Gasteiger partial charge in [-0.15, -0.1) is 0 Å². The summed E-state index contributed by atoms with van der Waals surface area (Å²) in [7, 11) is 4.34. The van der Waals surface area contributed by atoms with Gasteiger partial charge in [0.15, 0.2) is 5.97 Å². The molecule has 0 aliphatic carbocycles. The number of nitrogens with two attached hydrogens (primary N) is 2. The molecule has 18 heteroatoms. The van der Waals surface area contributed by atoms with E-state index in [2.05, 4.69) is 329 Å². The fourth-order valence-corrected chi connectivity index (χ4v) is 13.1. The molecule has 5 rings (SSSR count). The van der Waals surface area contributed by atoms with Crippen LogP contribution >= 0.6 is 113 Å². The normalized spacial score (nSPS) is 11.0. The summed E-state index contributed by atoms with van der Waals surface area (Å²) in [6, 6.07) is 23.4. The summed E-state index contributed by atoms with van der Waals surface area (Å²) in [5.41, 5.74) is 28.0. The topological polar surface area (TPSA) is 154 Å². The van der Waals surface area contributed by atoms with Gasteiger partial charge in [0.05, 0.1) is 12.8 Å². The quantitative estimate of drug-likeness (QED) is 0.0214. The van der Waals surface area contributed by atoms with Crippen molar-refractivity contribution in [1.82, 2.24) is 0 Å². The van der Waals surface area contributed by atoms with Crippen molar-refractivity contribution in [3.05, 3.63) is 162 Å². The molecule has 0 fully saturated rings. The van der Waals surface area contributed by atoms with Crippen LogP contribution in [0.5, 0.6) is 0 Å². The van der Waals surface area contributed by atoms with Crippen LogP contribution < -0.4 is 11.5 Å². The van der Waals surface area contributed by atoms with Crippen LogP contribution in [-0.2, 0) is 53.0 Å². The Morgan fingerprint density at radius 2 is 0.707 bits per heavy atom. The number of halogens is 6. The van der Waals surface area contributed by atoms with Gasteiger partial charge in [-0.2, -0.15) is 0 Å². The molecule has 0 unspecified atom stereocenters. The Morgan fingerprint density at radius 1 is 0.489 bits per heavy atom. The molecule has 511 valence electrons. The van der Waals surface area contributed by atoms with Crippen LogP contribution in [0.15, 0.2) is 88.9 Å². The molecule has 0 atom stereocenters. The fraction of sp³-hybridized carbons (Fsp3) is 0.541. The van der Waals surface area contributed by atoms with Crippen LogP contribution in [0, 0.1) is 10.5 Å². The molecule has 9 nitrogen and oxygen atoms in total. The van der Waals surface area contributed by atoms with Gasteiger partial charge in [-0.05, 0) is 239 Å². The summed E-state index contributed by atoms with van der Waals surface area (Å²) in [6.45, 7) is 57.5. The van der Waals surface area contributed by atoms with E-state index in [1.807, 2.05) is 32.9 Å². The summed E-state index contributed by atoms with van der Waals surface area (Å²) in [5.74, 6) is 3.18. The Hall–Kier alpha value is -2.05. The first-order valence-electron chi connectivity index (χ1n) is 31.5. The number of aliphatic carboxylic acids is 1. The molecule has 1 radical (unpaired) electrons. The molecule has 0 amide bonds. The fourth-order valence-electron chi connectivity index (χ4n) is 9.54. The maximum atomic E-state index is 12.2. The van der Waals surface area contributed by atoms with E-state index < -0.39 is 23.1 Å². The van der Waals surface area contributed by atoms with E-state index >= 15 is 0 Å². The van der Waals surface area contributed by atoms with Crippen molar-refractivity contribution in [3.63, 3.8) is 0 Å². The number of carboxylic acid groups (broad SMARTS) is 1. The number of rotatable bonds is 14. The first-order chi connectivity index (χ1) is 42.1. The number of carboxylic acids is 1. The van der Waals surface area contributed by atoms with Crippen LogP contribution in [0.1, 0.15) is 306 Å². The maximum absolute atomic E-state index is 12.2. The van der Waals surface area contributed by atoms with Crippen LogP contribution in [0.4, 0.5) is 11.4 Å². The van der Waals surface area contributed by atoms with Crippen molar-refractivity contribution in [2.24, 2.45) is 4.30 Å². The second-order valence-electron chi connectivity index (χ2n) is 27.5. The average molecular weight is 1770 g/mol. The third kappa shape index (κ3) is 37.1. The molecule has 5 N–H and O–H groups in total. The van der Waals surface area contributed by atoms with Gasteiger partial charge in [-0.1, -0.05) is 220 Å². The number of anilines is 2. The first kappa shape index (κ1) is 94.1. The summed E-state index contributed by atoms with van der Waals surface area (Å²) in [6.07, 6.45) is 0.444. The van der Waals surface area contributed by atoms with E-state index in [9.17, 15) is 14.4 Å². The van der Waals surface area contributed by atoms with Gasteiger partial charge in [-0.3, -0.25) is 21.3 Å². The molecule has 0 saturated heterocycles. The molecule has 0 bridgehead atoms. The summed E-state index contributed by atoms with van der Waals surface area (Å²) >= 11 is 24.1. The zero-order valence-corrected chi connectivity index (χ0v) is 74.3. The molecular formula is C74H111BBr5IN3O6SZn. The Balaban J connectivity index is -0.00000103. The zero-order chi connectivity index (χ0) is 72.8. The molecule has 0 aliphatic heterocycles. The zero-order valence-electron chi connectivity index (χ0n) is 60.3. The van der Waals surface area contributed by atoms with Crippen LogP contribution in [0.2, 0.25) is 0 Å². The number of hydrogen-bond acceptors (Lipinski definition) is 9. The predicted octanol–water partition coefficient (Wildman–Crippen LogP) is 25.2. The molecule has 0 aliphatic rings. The van der Waals surface area contributed by atoms with Crippen LogP contribution in [0.25, 0.3) is 0 Å². The number of ether oxygens (including phenoxy) is 2. The summed E-state index contributed by atoms with van der Waals surface area (Å²) in [5, 5.41) is 9.04. The van der Waals surface area contributed by atoms with Crippen molar-refractivity contribution in [1.29, 1.82) is 0 Å². The van der Waals surface area contributed by atoms with Gasteiger partial charge in [0, 0.05) is 32.8 Å². The number of para-hydroxylation sites is 1. The van der Waals surface area contributed by atoms with Gasteiger partial charge in [0.2, 0.25) is 0 Å². The average Bonchev–Trinajstić information content (AvgIpc) is 0.849. The molecule has 0 spiro atoms. The van der Waals surface area contributed by atoms with E-state index in [4.69, 9.17) is 21.3 Å². The van der Waals surface area contributed by atoms with Crippen LogP contribution in [-0.4, -0.2) is 41.9 Å². The van der Waals surface area contributed by atoms with Gasteiger partial charge >= 0.3 is 66.7 Å². The Kier molecular flexibility index (Phi) is 47.3. The first-order valence-corrected chi connectivity index (χ1v) is 43.1. The van der Waals surface area contributed by atoms with Crippen molar-refractivity contribution < 1.29 is 45.3 Å². The van der Waals surface area contributed by atoms with E-state index in [1.165, 1.54) is 68.9 Å². The molecule has 92 heavy (non-hydrogen) atoms. The van der Waals surface area contributed by atoms with Crippen molar-refractivity contribution >= 4 is 150 Å². The third-order valence-electron chi connectivity index (χ3n) is 13.8. The van der Waals surface area contributed by atoms with E-state index in [-0.39, 0.29) is 12.4 Å². The minimum atomic E-state index is -0.767. The molecule has 0 heterocycles. The Bertz CT molecular complexity index is 2860. The number of carbonyl (C=O) groups is 3. The second-order valence-corrected chi connectivity index (χ2v) is 32.4. The SMILES string of the molecule is CC(C)c1cc(Br)cc(C(C)C)c1CC(=O)O.CC(C)c1cc(Br)cc(C(C)C)c1CC(=O)OC(C)(C)C.CC(C)c1cc(Br)cc(C(C)C)c1I.CC(C)c1cc(Br)cc(C(C)C)c1N.CC(C)c1cccc(C(C)C)c1N.[B]=NS.[CH2-]C(=O)OC(C)(C)C.[Zn+][Br]. The van der Waals surface area contributed by atoms with Crippen molar-refractivity contribution in [3.8, 4) is 0 Å². The molecule has 5 aromatic rings. The van der Waals surface area contributed by atoms with Crippen LogP contribution in [0.3, 0.4) is 0 Å². The number of nitrogen functional groups attached to an aromatic ring is 2. The van der Waals surface area contributed by atoms with Crippen molar-refractivity contribution in [2.75, 3.05) is 11.5 Å². The Labute approximate surface area is 629 Å². The van der Waals surface area contributed by atoms with Gasteiger partial charge in [0.25, 0.3) is 0 Å². The number of carbonyl (C=O) groups excluding carboxylic acids is 2. The van der Waals surface area contributed by atoms with E-state index in [0.29, 0.717) is 65.6 Å². The van der Waals surface area contributed by atoms with Gasteiger partial charge in [-0.25, -0.2) is 0 Å². The monoisotopic (exact) mass is 1770 g/mol. The number of nitrogens with zero attached hydrogens (tertiary/aromatic N) is 1. The minimum absolute atomic E-state index is 0.105. The number of thiol groups is 1. The number of benzene rings is 5. The molecular weight excluding hydrogens is 1660 g/mol. The standard InChI is InChI=1S/C18H27BrO2.C14H19BrO2.C12H16BrI.C12H18BrN.C12H19N.C6H11O2.BHNS.BrH.Zn/c1-11(2)14-8-13(19)9-15(12(3)4)16(14)10-17(20)21-18(5,6)7;1-8(2)11-5-10(15)6-12(9(3)4)13(11)7-14(16)17;2*1-7(2)10-5-9(13)6-11(8(3)4)12(10)14;1-8(2)10-6-5-7-11(9(3)4)12(10)13;1-5(7)8-6(2,3)4;1-2-3;;/h8-9,11-12H,10H2,1-7H3;5-6,8-9H,7H2,1-4H3,(H,16,17);5-8H,1-4H3;5-8H,14H2,1-4H3;5-9H,13H2,1-4H3;1H2,2-4H3;3H;1H;/q;;;;;-1;;;+2/p-1. The molecule has 0 aromatic heterocycles. The number of esters is 2. The van der Waals surface area contributed by atoms with E-state index in [1.54, 1.807) is 20.8 Å². The van der Waals surface area contributed by atoms with Crippen molar-refractivity contribution in [2.45, 2.75) is 263 Å². The van der Waals surface area contributed by atoms with E-state index in [0.717, 1.165) is 47.0 Å². The summed E-state index contributed by atoms with van der Waals surface area (Å²) < 4.78 is 18.7. The second kappa shape index (κ2) is 46.3. The molecule has 5 aromatic carbocycles. The van der Waals surface area contributed by atoms with Gasteiger partial charge < -0.3 is 26.0 Å².